The molecular weight excluding hydrogens is 380 g/mol. The van der Waals surface area contributed by atoms with E-state index < -0.39 is 6.67 Å². The zero-order valence-corrected chi connectivity index (χ0v) is 16.8. The highest BCUT2D eigenvalue weighted by Gasteiger charge is 2.20. The average molecular weight is 402 g/mol. The molecule has 3 aromatic rings. The zero-order valence-electron chi connectivity index (χ0n) is 16.0. The van der Waals surface area contributed by atoms with Gasteiger partial charge in [-0.15, -0.1) is 11.3 Å². The van der Waals surface area contributed by atoms with E-state index in [2.05, 4.69) is 10.4 Å². The fourth-order valence-corrected chi connectivity index (χ4v) is 3.64. The third-order valence-electron chi connectivity index (χ3n) is 4.10. The van der Waals surface area contributed by atoms with Crippen LogP contribution >= 0.6 is 11.3 Å². The van der Waals surface area contributed by atoms with Crippen molar-refractivity contribution in [1.82, 2.24) is 15.1 Å². The van der Waals surface area contributed by atoms with Gasteiger partial charge < -0.3 is 10.1 Å². The Kier molecular flexibility index (Phi) is 6.08. The number of aryl methyl sites for hydroxylation is 1. The van der Waals surface area contributed by atoms with Crippen LogP contribution in [0.25, 0.3) is 16.5 Å². The standard InChI is InChI=1S/C20H22FN3O3S/c1-12(2)22-19(25)18-16-11-28-13(3)17(16)20(26)24(23-18)14-5-7-15(8-6-14)27-10-4-9-21/h5-8,11-12H,4,9-10H2,1-3H3,(H,22,25)/i21-1. The maximum atomic E-state index is 13.0. The van der Waals surface area contributed by atoms with Crippen molar-refractivity contribution >= 4 is 28.0 Å². The molecular formula is C20H22FN3O3S. The smallest absolute Gasteiger partial charge is 0.280 e. The van der Waals surface area contributed by atoms with Crippen molar-refractivity contribution in [2.24, 2.45) is 0 Å². The Labute approximate surface area is 165 Å². The molecule has 6 nitrogen and oxygen atoms in total. The minimum atomic E-state index is -0.432. The lowest BCUT2D eigenvalue weighted by Crippen LogP contribution is -2.33. The summed E-state index contributed by atoms with van der Waals surface area (Å²) in [5.41, 5.74) is 0.464. The topological polar surface area (TPSA) is 73.2 Å². The van der Waals surface area contributed by atoms with Gasteiger partial charge in [-0.1, -0.05) is 0 Å². The summed E-state index contributed by atoms with van der Waals surface area (Å²) < 4.78 is 18.9. The molecule has 0 radical (unpaired) electrons. The van der Waals surface area contributed by atoms with Crippen molar-refractivity contribution < 1.29 is 13.9 Å². The predicted molar refractivity (Wildman–Crippen MR) is 109 cm³/mol. The molecule has 0 atom stereocenters. The summed E-state index contributed by atoms with van der Waals surface area (Å²) in [5.74, 6) is 0.258. The third kappa shape index (κ3) is 4.06. The first kappa shape index (κ1) is 20.0. The Balaban J connectivity index is 2.05. The van der Waals surface area contributed by atoms with E-state index in [9.17, 15) is 14.0 Å². The molecule has 8 heteroatoms. The number of hydrogen-bond acceptors (Lipinski definition) is 5. The monoisotopic (exact) mass is 402 g/mol. The molecule has 1 N–H and O–H groups in total. The van der Waals surface area contributed by atoms with Gasteiger partial charge in [-0.2, -0.15) is 9.78 Å². The van der Waals surface area contributed by atoms with Gasteiger partial charge in [-0.25, -0.2) is 0 Å². The molecule has 0 saturated carbocycles. The number of fused-ring (bicyclic) bond motifs is 1. The van der Waals surface area contributed by atoms with Crippen LogP contribution in [0.15, 0.2) is 34.4 Å². The highest BCUT2D eigenvalue weighted by Crippen LogP contribution is 2.25. The lowest BCUT2D eigenvalue weighted by Gasteiger charge is -2.12. The number of thiophene rings is 1. The summed E-state index contributed by atoms with van der Waals surface area (Å²) >= 11 is 1.42. The van der Waals surface area contributed by atoms with Crippen LogP contribution in [-0.4, -0.2) is 35.0 Å². The molecule has 28 heavy (non-hydrogen) atoms. The molecule has 2 aromatic heterocycles. The van der Waals surface area contributed by atoms with E-state index in [1.54, 1.807) is 29.6 Å². The summed E-state index contributed by atoms with van der Waals surface area (Å²) in [6, 6.07) is 6.72. The molecule has 2 heterocycles. The molecule has 0 bridgehead atoms. The van der Waals surface area contributed by atoms with Crippen molar-refractivity contribution in [3.8, 4) is 11.4 Å². The summed E-state index contributed by atoms with van der Waals surface area (Å²) in [7, 11) is 0. The Morgan fingerprint density at radius 3 is 2.68 bits per heavy atom. The van der Waals surface area contributed by atoms with Crippen LogP contribution in [0.3, 0.4) is 0 Å². The lowest BCUT2D eigenvalue weighted by atomic mass is 10.2. The Hall–Kier alpha value is -2.74. The van der Waals surface area contributed by atoms with Crippen LogP contribution in [0.1, 0.15) is 35.6 Å². The molecule has 3 rings (SSSR count). The number of nitrogens with one attached hydrogen (secondary N) is 1. The van der Waals surface area contributed by atoms with E-state index in [4.69, 9.17) is 4.74 Å². The predicted octanol–water partition coefficient (Wildman–Crippen LogP) is 3.63. The largest absolute Gasteiger partial charge is 0.493 e. The van der Waals surface area contributed by atoms with Gasteiger partial charge in [0.2, 0.25) is 0 Å². The number of carbonyl (C=O) groups excluding carboxylic acids is 1. The number of amides is 1. The molecule has 0 saturated heterocycles. The highest BCUT2D eigenvalue weighted by molar-refractivity contribution is 7.11. The maximum Gasteiger partial charge on any atom is 0.280 e. The Morgan fingerprint density at radius 1 is 1.32 bits per heavy atom. The summed E-state index contributed by atoms with van der Waals surface area (Å²) in [5, 5.41) is 10.0. The van der Waals surface area contributed by atoms with Crippen LogP contribution in [0.4, 0.5) is 4.39 Å². The normalized spacial score (nSPS) is 11.2. The van der Waals surface area contributed by atoms with Crippen LogP contribution in [-0.2, 0) is 0 Å². The number of aromatic nitrogens is 2. The lowest BCUT2D eigenvalue weighted by molar-refractivity contribution is 0.0938. The van der Waals surface area contributed by atoms with E-state index in [0.717, 1.165) is 4.88 Å². The fraction of sp³-hybridized carbons (Fsp3) is 0.350. The van der Waals surface area contributed by atoms with Crippen LogP contribution < -0.4 is 15.6 Å². The summed E-state index contributed by atoms with van der Waals surface area (Å²) in [4.78, 5) is 26.5. The van der Waals surface area contributed by atoms with E-state index in [-0.39, 0.29) is 29.8 Å². The van der Waals surface area contributed by atoms with Crippen molar-refractivity contribution in [1.29, 1.82) is 0 Å². The van der Waals surface area contributed by atoms with Gasteiger partial charge in [0.05, 0.1) is 24.4 Å². The molecule has 0 unspecified atom stereocenters. The van der Waals surface area contributed by atoms with Crippen molar-refractivity contribution in [3.05, 3.63) is 50.6 Å². The number of benzene rings is 1. The second kappa shape index (κ2) is 8.52. The number of carbonyl (C=O) groups is 1. The van der Waals surface area contributed by atoms with Gasteiger partial charge in [-0.3, -0.25) is 14.0 Å². The molecule has 0 spiro atoms. The first-order valence-electron chi connectivity index (χ1n) is 9.03. The highest BCUT2D eigenvalue weighted by atomic mass is 32.1. The van der Waals surface area contributed by atoms with Gasteiger partial charge in [0.15, 0.2) is 5.69 Å². The van der Waals surface area contributed by atoms with Crippen LogP contribution in [0, 0.1) is 6.92 Å². The van der Waals surface area contributed by atoms with Crippen molar-refractivity contribution in [3.63, 3.8) is 0 Å². The van der Waals surface area contributed by atoms with Crippen molar-refractivity contribution in [2.75, 3.05) is 13.3 Å². The minimum Gasteiger partial charge on any atom is -0.493 e. The van der Waals surface area contributed by atoms with E-state index in [1.807, 2.05) is 20.8 Å². The Bertz CT molecular complexity index is 1040. The molecule has 0 aliphatic rings. The molecule has 1 aromatic carbocycles. The minimum absolute atomic E-state index is 0.0507. The van der Waals surface area contributed by atoms with Gasteiger partial charge in [0.1, 0.15) is 5.75 Å². The number of halogens is 1. The average Bonchev–Trinajstić information content (AvgIpc) is 3.05. The summed E-state index contributed by atoms with van der Waals surface area (Å²) in [6.45, 7) is 5.44. The number of hydrogen-bond donors (Lipinski definition) is 1. The van der Waals surface area contributed by atoms with Gasteiger partial charge >= 0.3 is 0 Å². The second-order valence-corrected chi connectivity index (χ2v) is 7.74. The van der Waals surface area contributed by atoms with Crippen LogP contribution in [0.5, 0.6) is 5.75 Å². The first-order chi connectivity index (χ1) is 13.4. The molecule has 148 valence electrons. The molecule has 1 amide bonds. The van der Waals surface area contributed by atoms with Crippen molar-refractivity contribution in [2.45, 2.75) is 33.2 Å². The van der Waals surface area contributed by atoms with E-state index in [1.165, 1.54) is 16.0 Å². The summed E-state index contributed by atoms with van der Waals surface area (Å²) in [6.07, 6.45) is 0.325. The quantitative estimate of drug-likeness (QED) is 0.613. The van der Waals surface area contributed by atoms with E-state index in [0.29, 0.717) is 28.6 Å². The van der Waals surface area contributed by atoms with Gasteiger partial charge in [0, 0.05) is 28.1 Å². The number of nitrogens with zero attached hydrogens (tertiary/aromatic N) is 2. The van der Waals surface area contributed by atoms with Gasteiger partial charge in [-0.05, 0) is 45.0 Å². The number of rotatable bonds is 7. The van der Waals surface area contributed by atoms with Crippen LogP contribution in [0.2, 0.25) is 0 Å². The second-order valence-electron chi connectivity index (χ2n) is 6.66. The third-order valence-corrected chi connectivity index (χ3v) is 5.01. The SMILES string of the molecule is Cc1scc2c(C(=O)NC(C)C)nn(-c3ccc(OCCC[18F])cc3)c(=O)c12. The number of alkyl halides is 1. The number of ether oxygens (including phenoxy) is 1. The first-order valence-corrected chi connectivity index (χ1v) is 9.91. The Morgan fingerprint density at radius 2 is 2.04 bits per heavy atom. The van der Waals surface area contributed by atoms with E-state index >= 15 is 0 Å². The fourth-order valence-electron chi connectivity index (χ4n) is 2.80. The zero-order chi connectivity index (χ0) is 20.3. The van der Waals surface area contributed by atoms with Gasteiger partial charge in [0.25, 0.3) is 11.5 Å². The molecule has 0 aliphatic heterocycles. The molecule has 0 fully saturated rings. The maximum absolute atomic E-state index is 13.0. The molecule has 0 aliphatic carbocycles.